The lowest BCUT2D eigenvalue weighted by Crippen LogP contribution is -2.35. The minimum absolute atomic E-state index is 0.00101. The zero-order chi connectivity index (χ0) is 34.9. The van der Waals surface area contributed by atoms with Crippen LogP contribution in [0.1, 0.15) is 85.5 Å². The maximum absolute atomic E-state index is 14.1. The molecule has 13 heteroatoms. The predicted octanol–water partition coefficient (Wildman–Crippen LogP) is 8.43. The van der Waals surface area contributed by atoms with Crippen LogP contribution >= 0.6 is 0 Å². The second kappa shape index (κ2) is 13.6. The molecule has 3 aromatic rings. The first-order valence-electron chi connectivity index (χ1n) is 15.0. The lowest BCUT2D eigenvalue weighted by Gasteiger charge is -2.29. The molecule has 47 heavy (non-hydrogen) atoms. The van der Waals surface area contributed by atoms with Gasteiger partial charge in [0.25, 0.3) is 0 Å². The average molecular weight is 669 g/mol. The van der Waals surface area contributed by atoms with Crippen LogP contribution in [0.5, 0.6) is 0 Å². The number of Topliss-reactive ketones (excluding diaryl/α,β-unsaturated/α-hetero) is 1. The summed E-state index contributed by atoms with van der Waals surface area (Å²) in [5.41, 5.74) is -2.87. The number of aliphatic hydroxyl groups excluding tert-OH is 1. The molecule has 0 amide bonds. The van der Waals surface area contributed by atoms with Crippen LogP contribution in [-0.2, 0) is 34.0 Å². The maximum Gasteiger partial charge on any atom is 0.416 e. The van der Waals surface area contributed by atoms with E-state index in [2.05, 4.69) is 10.3 Å². The number of aliphatic hydroxyl groups is 1. The zero-order valence-corrected chi connectivity index (χ0v) is 25.9. The molecule has 1 aliphatic carbocycles. The summed E-state index contributed by atoms with van der Waals surface area (Å²) in [6.07, 6.45) is -7.50. The number of hydrogen-bond acceptors (Lipinski definition) is 5. The summed E-state index contributed by atoms with van der Waals surface area (Å²) in [5.74, 6) is -2.14. The number of hydrogen-bond donors (Lipinski definition) is 3. The molecule has 0 spiro atoms. The van der Waals surface area contributed by atoms with E-state index >= 15 is 0 Å². The van der Waals surface area contributed by atoms with Crippen LogP contribution in [0, 0.1) is 18.7 Å². The third-order valence-electron chi connectivity index (χ3n) is 8.90. The van der Waals surface area contributed by atoms with Crippen LogP contribution in [0.2, 0.25) is 0 Å². The standard InChI is InChI=1S/C34H35F7N2O4/c1-18-10-24(35)8-9-25(18)26-15-27(20-6-4-19(5-7-20)11-30(46)47)43-28(17-44)31(26)42-16-29(45)32(2,3)21-12-22(33(36,37)38)14-23(13-21)34(39,40)41/h8-10,12-15,19-20,42,44H,4-7,11,16-17H2,1-3H3,(H,46,47). The number of aromatic nitrogens is 1. The Bertz CT molecular complexity index is 1610. The highest BCUT2D eigenvalue weighted by molar-refractivity contribution is 5.94. The SMILES string of the molecule is Cc1cc(F)ccc1-c1cc(C2CCC(CC(=O)O)CC2)nc(CO)c1NCC(=O)C(C)(C)c1cc(C(F)(F)F)cc(C(F)(F)F)c1. The Hall–Kier alpha value is -4.00. The van der Waals surface area contributed by atoms with Crippen LogP contribution < -0.4 is 5.32 Å². The number of rotatable bonds is 10. The van der Waals surface area contributed by atoms with Crippen LogP contribution in [0.15, 0.2) is 42.5 Å². The van der Waals surface area contributed by atoms with Crippen LogP contribution in [0.3, 0.4) is 0 Å². The van der Waals surface area contributed by atoms with Gasteiger partial charge in [0.05, 0.1) is 41.1 Å². The molecule has 4 rings (SSSR count). The van der Waals surface area contributed by atoms with Gasteiger partial charge in [0.1, 0.15) is 5.82 Å². The molecule has 0 radical (unpaired) electrons. The topological polar surface area (TPSA) is 99.5 Å². The average Bonchev–Trinajstić information content (AvgIpc) is 2.98. The van der Waals surface area contributed by atoms with Crippen molar-refractivity contribution in [2.45, 2.75) is 83.2 Å². The second-order valence-electron chi connectivity index (χ2n) is 12.5. The molecule has 1 heterocycles. The van der Waals surface area contributed by atoms with Gasteiger partial charge in [-0.25, -0.2) is 4.39 Å². The van der Waals surface area contributed by atoms with E-state index in [1.54, 1.807) is 13.0 Å². The first-order valence-corrected chi connectivity index (χ1v) is 15.0. The number of carbonyl (C=O) groups is 2. The molecular weight excluding hydrogens is 633 g/mol. The number of nitrogens with zero attached hydrogens (tertiary/aromatic N) is 1. The van der Waals surface area contributed by atoms with Crippen molar-refractivity contribution < 1.29 is 50.5 Å². The van der Waals surface area contributed by atoms with E-state index in [9.17, 15) is 45.4 Å². The molecule has 6 nitrogen and oxygen atoms in total. The van der Waals surface area contributed by atoms with Crippen molar-refractivity contribution in [3.05, 3.63) is 81.9 Å². The van der Waals surface area contributed by atoms with Crippen molar-refractivity contribution >= 4 is 17.4 Å². The number of carboxylic acid groups (broad SMARTS) is 1. The molecule has 0 atom stereocenters. The Labute approximate surface area is 267 Å². The van der Waals surface area contributed by atoms with E-state index in [1.165, 1.54) is 32.0 Å². The molecule has 1 aliphatic rings. The second-order valence-corrected chi connectivity index (χ2v) is 12.5. The number of alkyl halides is 6. The highest BCUT2D eigenvalue weighted by Gasteiger charge is 2.40. The van der Waals surface area contributed by atoms with E-state index < -0.39 is 65.2 Å². The molecule has 1 fully saturated rings. The molecular formula is C34H35F7N2O4. The molecule has 1 aromatic heterocycles. The summed E-state index contributed by atoms with van der Waals surface area (Å²) in [7, 11) is 0. The molecule has 0 saturated heterocycles. The molecule has 0 unspecified atom stereocenters. The number of anilines is 1. The fourth-order valence-corrected chi connectivity index (χ4v) is 6.06. The minimum Gasteiger partial charge on any atom is -0.481 e. The number of aryl methyl sites for hydroxylation is 1. The van der Waals surface area contributed by atoms with E-state index in [0.717, 1.165) is 0 Å². The monoisotopic (exact) mass is 668 g/mol. The van der Waals surface area contributed by atoms with Gasteiger partial charge in [0, 0.05) is 23.6 Å². The van der Waals surface area contributed by atoms with Gasteiger partial charge in [-0.05, 0) is 105 Å². The van der Waals surface area contributed by atoms with E-state index in [4.69, 9.17) is 5.11 Å². The largest absolute Gasteiger partial charge is 0.481 e. The lowest BCUT2D eigenvalue weighted by molar-refractivity contribution is -0.143. The van der Waals surface area contributed by atoms with Gasteiger partial charge in [0.2, 0.25) is 0 Å². The summed E-state index contributed by atoms with van der Waals surface area (Å²) in [5, 5.41) is 22.4. The van der Waals surface area contributed by atoms with Crippen molar-refractivity contribution in [1.29, 1.82) is 0 Å². The number of benzene rings is 2. The van der Waals surface area contributed by atoms with Crippen molar-refractivity contribution in [2.24, 2.45) is 5.92 Å². The van der Waals surface area contributed by atoms with Gasteiger partial charge in [-0.15, -0.1) is 0 Å². The summed E-state index contributed by atoms with van der Waals surface area (Å²) in [6.45, 7) is 2.99. The van der Waals surface area contributed by atoms with Crippen molar-refractivity contribution in [3.8, 4) is 11.1 Å². The summed E-state index contributed by atoms with van der Waals surface area (Å²) in [4.78, 5) is 29.4. The molecule has 1 saturated carbocycles. The number of halogens is 7. The Morgan fingerprint density at radius 2 is 1.45 bits per heavy atom. The van der Waals surface area contributed by atoms with Gasteiger partial charge in [-0.1, -0.05) is 6.07 Å². The number of aliphatic carboxylic acids is 1. The van der Waals surface area contributed by atoms with Gasteiger partial charge >= 0.3 is 18.3 Å². The number of nitrogens with one attached hydrogen (secondary N) is 1. The first kappa shape index (κ1) is 35.8. The van der Waals surface area contributed by atoms with E-state index in [0.29, 0.717) is 60.2 Å². The minimum atomic E-state index is -5.09. The summed E-state index contributed by atoms with van der Waals surface area (Å²) in [6, 6.07) is 6.87. The van der Waals surface area contributed by atoms with Crippen molar-refractivity contribution in [3.63, 3.8) is 0 Å². The molecule has 3 N–H and O–H groups in total. The normalized spacial score (nSPS) is 17.4. The number of carbonyl (C=O) groups excluding carboxylic acids is 1. The summed E-state index contributed by atoms with van der Waals surface area (Å²) < 4.78 is 95.3. The van der Waals surface area contributed by atoms with Crippen LogP contribution in [0.25, 0.3) is 11.1 Å². The molecule has 0 bridgehead atoms. The predicted molar refractivity (Wildman–Crippen MR) is 160 cm³/mol. The van der Waals surface area contributed by atoms with Crippen LogP contribution in [-0.4, -0.2) is 33.5 Å². The zero-order valence-electron chi connectivity index (χ0n) is 25.9. The quantitative estimate of drug-likeness (QED) is 0.188. The highest BCUT2D eigenvalue weighted by atomic mass is 19.4. The third kappa shape index (κ3) is 8.30. The van der Waals surface area contributed by atoms with E-state index in [1.807, 2.05) is 0 Å². The molecule has 2 aromatic carbocycles. The van der Waals surface area contributed by atoms with Gasteiger partial charge in [-0.2, -0.15) is 26.3 Å². The lowest BCUT2D eigenvalue weighted by atomic mass is 9.78. The van der Waals surface area contributed by atoms with Crippen LogP contribution in [0.4, 0.5) is 36.4 Å². The van der Waals surface area contributed by atoms with Gasteiger partial charge in [0.15, 0.2) is 5.78 Å². The Balaban J connectivity index is 1.71. The maximum atomic E-state index is 14.1. The molecule has 0 aliphatic heterocycles. The Morgan fingerprint density at radius 3 is 1.96 bits per heavy atom. The fraction of sp³-hybridized carbons (Fsp3) is 0.441. The van der Waals surface area contributed by atoms with Crippen molar-refractivity contribution in [1.82, 2.24) is 4.98 Å². The van der Waals surface area contributed by atoms with Gasteiger partial charge in [-0.3, -0.25) is 14.6 Å². The summed E-state index contributed by atoms with van der Waals surface area (Å²) >= 11 is 0. The Morgan fingerprint density at radius 1 is 0.872 bits per heavy atom. The Kier molecular flexibility index (Phi) is 10.4. The first-order chi connectivity index (χ1) is 21.8. The number of carboxylic acids is 1. The highest BCUT2D eigenvalue weighted by Crippen LogP contribution is 2.42. The molecule has 254 valence electrons. The fourth-order valence-electron chi connectivity index (χ4n) is 6.06. The third-order valence-corrected chi connectivity index (χ3v) is 8.90. The van der Waals surface area contributed by atoms with Gasteiger partial charge < -0.3 is 15.5 Å². The number of ketones is 1. The van der Waals surface area contributed by atoms with E-state index in [-0.39, 0.29) is 35.7 Å². The smallest absolute Gasteiger partial charge is 0.416 e. The van der Waals surface area contributed by atoms with Crippen molar-refractivity contribution in [2.75, 3.05) is 11.9 Å². The number of pyridine rings is 1.